The van der Waals surface area contributed by atoms with Crippen LogP contribution in [0.3, 0.4) is 0 Å². The zero-order valence-electron chi connectivity index (χ0n) is 18.9. The van der Waals surface area contributed by atoms with Crippen molar-refractivity contribution < 1.29 is 18.3 Å². The molecular weight excluding hydrogens is 456 g/mol. The minimum Gasteiger partial charge on any atom is -0.481 e. The average molecular weight is 485 g/mol. The Morgan fingerprint density at radius 2 is 1.82 bits per heavy atom. The monoisotopic (exact) mass is 484 g/mol. The second-order valence-electron chi connectivity index (χ2n) is 8.51. The Labute approximate surface area is 200 Å². The molecule has 33 heavy (non-hydrogen) atoms. The molecule has 0 bridgehead atoms. The first-order valence-electron chi connectivity index (χ1n) is 10.7. The Morgan fingerprint density at radius 1 is 1.21 bits per heavy atom. The van der Waals surface area contributed by atoms with Crippen LogP contribution in [0.4, 0.5) is 0 Å². The summed E-state index contributed by atoms with van der Waals surface area (Å²) in [5.41, 5.74) is 1.92. The van der Waals surface area contributed by atoms with Gasteiger partial charge < -0.3 is 5.11 Å². The van der Waals surface area contributed by atoms with E-state index in [4.69, 9.17) is 0 Å². The van der Waals surface area contributed by atoms with Crippen LogP contribution in [0.1, 0.15) is 36.6 Å². The van der Waals surface area contributed by atoms with E-state index < -0.39 is 39.2 Å². The van der Waals surface area contributed by atoms with Gasteiger partial charge in [0.15, 0.2) is 0 Å². The van der Waals surface area contributed by atoms with Crippen LogP contribution in [0, 0.1) is 30.1 Å². The summed E-state index contributed by atoms with van der Waals surface area (Å²) in [5.74, 6) is -1.62. The highest BCUT2D eigenvalue weighted by molar-refractivity contribution is 8.00. The molecule has 2 aromatic rings. The fraction of sp³-hybridized carbons (Fsp3) is 0.360. The standard InChI is InChI=1S/C25H28N2O4S2/c1-5-14-32-24-21(25(28)29)23(19-10-8-18(15-26)9-11-19)27(22(24)16(2)3)33(30,31)20-12-6-17(4)7-13-20/h5-13,16,21-24H,1,14H2,2-4H3,(H,28,29)/t21-,22+,23-,24-/m0/s1. The van der Waals surface area contributed by atoms with Gasteiger partial charge in [-0.1, -0.05) is 49.8 Å². The van der Waals surface area contributed by atoms with E-state index in [0.717, 1.165) is 5.56 Å². The first-order valence-corrected chi connectivity index (χ1v) is 13.2. The van der Waals surface area contributed by atoms with Crippen molar-refractivity contribution in [2.75, 3.05) is 5.75 Å². The highest BCUT2D eigenvalue weighted by atomic mass is 32.2. The molecule has 0 spiro atoms. The van der Waals surface area contributed by atoms with Crippen LogP contribution in [-0.4, -0.2) is 40.8 Å². The van der Waals surface area contributed by atoms with Crippen molar-refractivity contribution >= 4 is 27.8 Å². The largest absolute Gasteiger partial charge is 0.481 e. The van der Waals surface area contributed by atoms with Gasteiger partial charge >= 0.3 is 5.97 Å². The van der Waals surface area contributed by atoms with Crippen molar-refractivity contribution in [3.63, 3.8) is 0 Å². The molecule has 4 atom stereocenters. The van der Waals surface area contributed by atoms with Gasteiger partial charge in [0, 0.05) is 17.0 Å². The third kappa shape index (κ3) is 4.86. The summed E-state index contributed by atoms with van der Waals surface area (Å²) in [4.78, 5) is 12.7. The summed E-state index contributed by atoms with van der Waals surface area (Å²) >= 11 is 1.42. The highest BCUT2D eigenvalue weighted by Gasteiger charge is 2.58. The molecule has 0 aliphatic carbocycles. The number of rotatable bonds is 8. The fourth-order valence-corrected chi connectivity index (χ4v) is 7.98. The minimum absolute atomic E-state index is 0.127. The topological polar surface area (TPSA) is 98.5 Å². The van der Waals surface area contributed by atoms with E-state index >= 15 is 0 Å². The lowest BCUT2D eigenvalue weighted by atomic mass is 9.91. The maximum Gasteiger partial charge on any atom is 0.309 e. The van der Waals surface area contributed by atoms with Gasteiger partial charge in [0.1, 0.15) is 0 Å². The fourth-order valence-electron chi connectivity index (χ4n) is 4.46. The van der Waals surface area contributed by atoms with Gasteiger partial charge in [0.05, 0.1) is 28.5 Å². The van der Waals surface area contributed by atoms with Crippen molar-refractivity contribution in [1.82, 2.24) is 4.31 Å². The van der Waals surface area contributed by atoms with E-state index in [1.165, 1.54) is 16.1 Å². The van der Waals surface area contributed by atoms with Crippen LogP contribution < -0.4 is 0 Å². The number of carboxylic acids is 1. The number of benzene rings is 2. The molecule has 1 N–H and O–H groups in total. The Hall–Kier alpha value is -2.60. The van der Waals surface area contributed by atoms with Gasteiger partial charge in [-0.25, -0.2) is 8.42 Å². The third-order valence-electron chi connectivity index (χ3n) is 5.95. The van der Waals surface area contributed by atoms with Gasteiger partial charge in [0.2, 0.25) is 10.0 Å². The molecular formula is C25H28N2O4S2. The molecule has 6 nitrogen and oxygen atoms in total. The Kier molecular flexibility index (Phi) is 7.68. The molecule has 8 heteroatoms. The first-order chi connectivity index (χ1) is 15.6. The summed E-state index contributed by atoms with van der Waals surface area (Å²) < 4.78 is 29.4. The number of aryl methyl sites for hydroxylation is 1. The lowest BCUT2D eigenvalue weighted by Gasteiger charge is -2.33. The Balaban J connectivity index is 2.26. The van der Waals surface area contributed by atoms with Crippen LogP contribution >= 0.6 is 11.8 Å². The molecule has 1 aliphatic rings. The molecule has 0 radical (unpaired) electrons. The number of hydrogen-bond acceptors (Lipinski definition) is 5. The van der Waals surface area contributed by atoms with Crippen LogP contribution in [0.25, 0.3) is 0 Å². The van der Waals surface area contributed by atoms with Crippen molar-refractivity contribution in [3.05, 3.63) is 77.9 Å². The summed E-state index contributed by atoms with van der Waals surface area (Å²) in [6, 6.07) is 13.7. The van der Waals surface area contributed by atoms with Crippen molar-refractivity contribution in [2.45, 2.75) is 43.0 Å². The summed E-state index contributed by atoms with van der Waals surface area (Å²) in [5, 5.41) is 19.0. The van der Waals surface area contributed by atoms with E-state index in [9.17, 15) is 23.6 Å². The van der Waals surface area contributed by atoms with Crippen molar-refractivity contribution in [1.29, 1.82) is 5.26 Å². The van der Waals surface area contributed by atoms with E-state index in [2.05, 4.69) is 12.6 Å². The smallest absolute Gasteiger partial charge is 0.309 e. The maximum atomic E-state index is 14.0. The molecule has 0 aromatic heterocycles. The second-order valence-corrected chi connectivity index (χ2v) is 11.6. The minimum atomic E-state index is -4.02. The number of aliphatic carboxylic acids is 1. The number of nitriles is 1. The number of nitrogens with zero attached hydrogens (tertiary/aromatic N) is 2. The molecule has 1 saturated heterocycles. The molecule has 0 amide bonds. The number of hydrogen-bond donors (Lipinski definition) is 1. The van der Waals surface area contributed by atoms with Crippen LogP contribution in [0.2, 0.25) is 0 Å². The van der Waals surface area contributed by atoms with Crippen molar-refractivity contribution in [2.24, 2.45) is 11.8 Å². The zero-order valence-corrected chi connectivity index (χ0v) is 20.5. The Bertz CT molecular complexity index is 1150. The van der Waals surface area contributed by atoms with Gasteiger partial charge in [-0.05, 0) is 42.7 Å². The molecule has 1 aliphatic heterocycles. The second kappa shape index (κ2) is 10.1. The summed E-state index contributed by atoms with van der Waals surface area (Å²) in [6.45, 7) is 9.47. The molecule has 0 saturated carbocycles. The summed E-state index contributed by atoms with van der Waals surface area (Å²) in [7, 11) is -4.02. The first kappa shape index (κ1) is 25.0. The van der Waals surface area contributed by atoms with Gasteiger partial charge in [-0.15, -0.1) is 6.58 Å². The number of carbonyl (C=O) groups is 1. The molecule has 174 valence electrons. The Morgan fingerprint density at radius 3 is 2.30 bits per heavy atom. The normalized spacial score (nSPS) is 23.4. The molecule has 3 rings (SSSR count). The van der Waals surface area contributed by atoms with E-state index in [0.29, 0.717) is 16.9 Å². The lowest BCUT2D eigenvalue weighted by molar-refractivity contribution is -0.142. The molecule has 2 aromatic carbocycles. The predicted molar refractivity (Wildman–Crippen MR) is 130 cm³/mol. The van der Waals surface area contributed by atoms with Gasteiger partial charge in [-0.2, -0.15) is 21.3 Å². The number of sulfonamides is 1. The predicted octanol–water partition coefficient (Wildman–Crippen LogP) is 4.63. The third-order valence-corrected chi connectivity index (χ3v) is 9.23. The zero-order chi connectivity index (χ0) is 24.3. The maximum absolute atomic E-state index is 14.0. The SMILES string of the molecule is C=CCS[C@H]1[C@@H](C(=O)O)[C@H](c2ccc(C#N)cc2)N(S(=O)(=O)c2ccc(C)cc2)[C@@H]1C(C)C. The van der Waals surface area contributed by atoms with Gasteiger partial charge in [0.25, 0.3) is 0 Å². The molecule has 1 heterocycles. The molecule has 1 fully saturated rings. The van der Waals surface area contributed by atoms with Crippen molar-refractivity contribution in [3.8, 4) is 6.07 Å². The quantitative estimate of drug-likeness (QED) is 0.549. The lowest BCUT2D eigenvalue weighted by Crippen LogP contribution is -2.43. The van der Waals surface area contributed by atoms with Crippen LogP contribution in [-0.2, 0) is 14.8 Å². The van der Waals surface area contributed by atoms with Crippen LogP contribution in [0.5, 0.6) is 0 Å². The average Bonchev–Trinajstić information content (AvgIpc) is 3.14. The van der Waals surface area contributed by atoms with E-state index in [1.54, 1.807) is 54.6 Å². The van der Waals surface area contributed by atoms with Crippen LogP contribution in [0.15, 0.2) is 66.1 Å². The number of thioether (sulfide) groups is 1. The van der Waals surface area contributed by atoms with E-state index in [1.807, 2.05) is 20.8 Å². The van der Waals surface area contributed by atoms with Gasteiger partial charge in [-0.3, -0.25) is 4.79 Å². The molecule has 0 unspecified atom stereocenters. The van der Waals surface area contributed by atoms with E-state index in [-0.39, 0.29) is 10.8 Å². The summed E-state index contributed by atoms with van der Waals surface area (Å²) in [6.07, 6.45) is 1.70. The highest BCUT2D eigenvalue weighted by Crippen LogP contribution is 2.51. The number of carboxylic acid groups (broad SMARTS) is 1.